The van der Waals surface area contributed by atoms with Crippen molar-refractivity contribution in [3.8, 4) is 34.4 Å². The highest BCUT2D eigenvalue weighted by molar-refractivity contribution is 6.12. The molecule has 0 aliphatic carbocycles. The average molecular weight is 614 g/mol. The van der Waals surface area contributed by atoms with Gasteiger partial charge in [0.15, 0.2) is 11.6 Å². The molecule has 0 saturated carbocycles. The van der Waals surface area contributed by atoms with Crippen LogP contribution in [0.4, 0.5) is 0 Å². The van der Waals surface area contributed by atoms with Crippen LogP contribution in [0.3, 0.4) is 0 Å². The molecule has 3 heterocycles. The molecule has 0 aliphatic rings. The van der Waals surface area contributed by atoms with E-state index in [1.54, 1.807) is 0 Å². The Labute approximate surface area is 276 Å². The third-order valence-corrected chi connectivity index (χ3v) is 9.38. The van der Waals surface area contributed by atoms with Gasteiger partial charge in [-0.15, -0.1) is 0 Å². The van der Waals surface area contributed by atoms with Crippen molar-refractivity contribution in [2.24, 2.45) is 0 Å². The summed E-state index contributed by atoms with van der Waals surface area (Å²) in [6.45, 7) is 0. The van der Waals surface area contributed by atoms with Gasteiger partial charge in [0.05, 0.1) is 22.1 Å². The molecule has 0 fully saturated rings. The van der Waals surface area contributed by atoms with Gasteiger partial charge in [0.25, 0.3) is 0 Å². The van der Waals surface area contributed by atoms with Crippen LogP contribution in [0.2, 0.25) is 0 Å². The molecule has 5 nitrogen and oxygen atoms in total. The maximum atomic E-state index is 5.21. The van der Waals surface area contributed by atoms with Crippen molar-refractivity contribution >= 4 is 54.4 Å². The van der Waals surface area contributed by atoms with Crippen LogP contribution in [-0.4, -0.2) is 24.1 Å². The molecule has 0 bridgehead atoms. The second kappa shape index (κ2) is 10.5. The maximum absolute atomic E-state index is 5.21. The maximum Gasteiger partial charge on any atom is 0.238 e. The normalized spacial score (nSPS) is 11.8. The summed E-state index contributed by atoms with van der Waals surface area (Å²) in [5.74, 6) is 1.86. The summed E-state index contributed by atoms with van der Waals surface area (Å²) in [4.78, 5) is 15.4. The summed E-state index contributed by atoms with van der Waals surface area (Å²) >= 11 is 0. The molecule has 5 heteroatoms. The van der Waals surface area contributed by atoms with Gasteiger partial charge in [0, 0.05) is 38.4 Å². The average Bonchev–Trinajstić information content (AvgIpc) is 3.67. The third kappa shape index (κ3) is 4.01. The van der Waals surface area contributed by atoms with E-state index in [1.165, 1.54) is 21.8 Å². The Hall–Kier alpha value is -6.59. The minimum absolute atomic E-state index is 0.586. The monoisotopic (exact) mass is 613 g/mol. The quantitative estimate of drug-likeness (QED) is 0.198. The minimum atomic E-state index is 0.586. The fourth-order valence-corrected chi connectivity index (χ4v) is 7.24. The zero-order valence-corrected chi connectivity index (χ0v) is 25.8. The summed E-state index contributed by atoms with van der Waals surface area (Å²) < 4.78 is 4.55. The first-order chi connectivity index (χ1) is 23.8. The zero-order chi connectivity index (χ0) is 31.6. The highest BCUT2D eigenvalue weighted by atomic mass is 15.2. The topological polar surface area (TPSA) is 48.5 Å². The Bertz CT molecular complexity index is 2790. The molecule has 0 aliphatic heterocycles. The SMILES string of the molecule is c1ccc(-c2nc(-c3cccc4ccccc34)nc(-n3c4ccccc4c4cc(-n5c6ccccc6c6ccccc65)ccc43)n2)cc1. The van der Waals surface area contributed by atoms with Crippen molar-refractivity contribution in [3.05, 3.63) is 164 Å². The molecule has 0 saturated heterocycles. The number of hydrogen-bond donors (Lipinski definition) is 0. The Morgan fingerprint density at radius 2 is 0.896 bits per heavy atom. The van der Waals surface area contributed by atoms with Crippen molar-refractivity contribution in [2.75, 3.05) is 0 Å². The van der Waals surface area contributed by atoms with E-state index >= 15 is 0 Å². The first-order valence-electron chi connectivity index (χ1n) is 16.1. The number of para-hydroxylation sites is 3. The Morgan fingerprint density at radius 1 is 0.354 bits per heavy atom. The van der Waals surface area contributed by atoms with E-state index in [2.05, 4.69) is 155 Å². The van der Waals surface area contributed by atoms with Crippen LogP contribution < -0.4 is 0 Å². The molecule has 0 atom stereocenters. The fourth-order valence-electron chi connectivity index (χ4n) is 7.24. The van der Waals surface area contributed by atoms with Gasteiger partial charge in [0.2, 0.25) is 5.95 Å². The second-order valence-corrected chi connectivity index (χ2v) is 12.1. The molecule has 0 N–H and O–H groups in total. The van der Waals surface area contributed by atoms with Crippen molar-refractivity contribution in [3.63, 3.8) is 0 Å². The lowest BCUT2D eigenvalue weighted by molar-refractivity contribution is 0.954. The Kier molecular flexibility index (Phi) is 5.81. The Morgan fingerprint density at radius 3 is 1.62 bits per heavy atom. The van der Waals surface area contributed by atoms with E-state index in [9.17, 15) is 0 Å². The highest BCUT2D eigenvalue weighted by Gasteiger charge is 2.20. The predicted molar refractivity (Wildman–Crippen MR) is 197 cm³/mol. The fraction of sp³-hybridized carbons (Fsp3) is 0. The summed E-state index contributed by atoms with van der Waals surface area (Å²) in [6, 6.07) is 57.3. The lowest BCUT2D eigenvalue weighted by atomic mass is 10.0. The molecule has 0 radical (unpaired) electrons. The standard InChI is InChI=1S/C43H27N5/c1-2-14-29(15-3-1)41-44-42(35-21-12-16-28-13-4-5-17-31(28)35)46-43(45-41)48-39-24-11-8-20-34(39)36-27-30(25-26-40(36)48)47-37-22-9-6-18-32(37)33-19-7-10-23-38(33)47/h1-27H. The molecule has 10 aromatic rings. The molecular weight excluding hydrogens is 587 g/mol. The molecule has 3 aromatic heterocycles. The van der Waals surface area contributed by atoms with Crippen molar-refractivity contribution in [1.82, 2.24) is 24.1 Å². The number of rotatable bonds is 4. The van der Waals surface area contributed by atoms with Gasteiger partial charge in [-0.3, -0.25) is 4.57 Å². The molecular formula is C43H27N5. The molecule has 0 unspecified atom stereocenters. The van der Waals surface area contributed by atoms with Crippen LogP contribution in [0.1, 0.15) is 0 Å². The summed E-state index contributed by atoms with van der Waals surface area (Å²) in [6.07, 6.45) is 0. The zero-order valence-electron chi connectivity index (χ0n) is 25.8. The molecule has 0 amide bonds. The molecule has 224 valence electrons. The summed E-state index contributed by atoms with van der Waals surface area (Å²) in [7, 11) is 0. The van der Waals surface area contributed by atoms with Gasteiger partial charge >= 0.3 is 0 Å². The van der Waals surface area contributed by atoms with E-state index in [4.69, 9.17) is 15.0 Å². The number of aromatic nitrogens is 5. The third-order valence-electron chi connectivity index (χ3n) is 9.38. The largest absolute Gasteiger partial charge is 0.309 e. The van der Waals surface area contributed by atoms with Crippen LogP contribution in [0, 0.1) is 0 Å². The Balaban J connectivity index is 1.25. The van der Waals surface area contributed by atoms with Crippen molar-refractivity contribution in [1.29, 1.82) is 0 Å². The molecule has 10 rings (SSSR count). The van der Waals surface area contributed by atoms with Crippen LogP contribution in [-0.2, 0) is 0 Å². The van der Waals surface area contributed by atoms with Gasteiger partial charge in [-0.2, -0.15) is 9.97 Å². The summed E-state index contributed by atoms with van der Waals surface area (Å²) in [5, 5.41) is 7.02. The van der Waals surface area contributed by atoms with E-state index in [0.29, 0.717) is 17.6 Å². The molecule has 7 aromatic carbocycles. The van der Waals surface area contributed by atoms with E-state index in [0.717, 1.165) is 49.4 Å². The van der Waals surface area contributed by atoms with Gasteiger partial charge in [-0.05, 0) is 47.2 Å². The van der Waals surface area contributed by atoms with Crippen molar-refractivity contribution < 1.29 is 0 Å². The minimum Gasteiger partial charge on any atom is -0.309 e. The van der Waals surface area contributed by atoms with Gasteiger partial charge in [-0.1, -0.05) is 127 Å². The predicted octanol–water partition coefficient (Wildman–Crippen LogP) is 10.6. The number of fused-ring (bicyclic) bond motifs is 7. The molecule has 0 spiro atoms. The number of benzene rings is 7. The highest BCUT2D eigenvalue weighted by Crippen LogP contribution is 2.37. The first kappa shape index (κ1) is 26.6. The van der Waals surface area contributed by atoms with E-state index in [-0.39, 0.29) is 0 Å². The van der Waals surface area contributed by atoms with Gasteiger partial charge in [-0.25, -0.2) is 4.98 Å². The van der Waals surface area contributed by atoms with Gasteiger partial charge < -0.3 is 4.57 Å². The first-order valence-corrected chi connectivity index (χ1v) is 16.1. The van der Waals surface area contributed by atoms with E-state index < -0.39 is 0 Å². The number of nitrogens with zero attached hydrogens (tertiary/aromatic N) is 5. The summed E-state index contributed by atoms with van der Waals surface area (Å²) in [5.41, 5.74) is 7.48. The lowest BCUT2D eigenvalue weighted by Gasteiger charge is -2.12. The van der Waals surface area contributed by atoms with E-state index in [1.807, 2.05) is 18.2 Å². The van der Waals surface area contributed by atoms with Crippen LogP contribution in [0.25, 0.3) is 88.8 Å². The second-order valence-electron chi connectivity index (χ2n) is 12.1. The lowest BCUT2D eigenvalue weighted by Crippen LogP contribution is -2.06. The van der Waals surface area contributed by atoms with Gasteiger partial charge in [0.1, 0.15) is 0 Å². The van der Waals surface area contributed by atoms with Crippen LogP contribution in [0.15, 0.2) is 164 Å². The van der Waals surface area contributed by atoms with Crippen LogP contribution in [0.5, 0.6) is 0 Å². The molecule has 48 heavy (non-hydrogen) atoms. The van der Waals surface area contributed by atoms with Crippen LogP contribution >= 0.6 is 0 Å². The van der Waals surface area contributed by atoms with Crippen molar-refractivity contribution in [2.45, 2.75) is 0 Å². The number of hydrogen-bond acceptors (Lipinski definition) is 3. The smallest absolute Gasteiger partial charge is 0.238 e.